The molecule has 1 saturated heterocycles. The summed E-state index contributed by atoms with van der Waals surface area (Å²) in [6.45, 7) is 2.26. The maximum atomic E-state index is 13.7. The van der Waals surface area contributed by atoms with E-state index in [1.54, 1.807) is 12.1 Å². The third kappa shape index (κ3) is 3.32. The summed E-state index contributed by atoms with van der Waals surface area (Å²) in [6.07, 6.45) is 3.66. The minimum Gasteiger partial charge on any atom is -0.487 e. The standard InChI is InChI=1S/C18H21FN2O/c19-16-7-3-2-6-14(16)13-22-18-12-15(20)8-9-17(18)21-10-4-1-5-11-21/h2-3,6-9,12H,1,4-5,10-11,13,20H2. The largest absolute Gasteiger partial charge is 0.487 e. The molecule has 1 aliphatic rings. The van der Waals surface area contributed by atoms with Gasteiger partial charge in [0.2, 0.25) is 0 Å². The Morgan fingerprint density at radius 2 is 1.82 bits per heavy atom. The van der Waals surface area contributed by atoms with Gasteiger partial charge in [-0.3, -0.25) is 0 Å². The summed E-state index contributed by atoms with van der Waals surface area (Å²) >= 11 is 0. The SMILES string of the molecule is Nc1ccc(N2CCCCC2)c(OCc2ccccc2F)c1. The molecule has 0 saturated carbocycles. The summed E-state index contributed by atoms with van der Waals surface area (Å²) in [7, 11) is 0. The summed E-state index contributed by atoms with van der Waals surface area (Å²) in [5.41, 5.74) is 8.14. The van der Waals surface area contributed by atoms with Crippen LogP contribution in [0, 0.1) is 5.82 Å². The molecular formula is C18H21FN2O. The van der Waals surface area contributed by atoms with Crippen LogP contribution in [-0.4, -0.2) is 13.1 Å². The van der Waals surface area contributed by atoms with E-state index in [4.69, 9.17) is 10.5 Å². The first-order valence-corrected chi connectivity index (χ1v) is 7.75. The molecule has 0 amide bonds. The molecule has 0 aromatic heterocycles. The number of piperidine rings is 1. The van der Waals surface area contributed by atoms with Crippen molar-refractivity contribution in [3.05, 3.63) is 53.8 Å². The number of anilines is 2. The predicted molar refractivity (Wildman–Crippen MR) is 87.7 cm³/mol. The highest BCUT2D eigenvalue weighted by molar-refractivity contribution is 5.64. The molecule has 3 nitrogen and oxygen atoms in total. The zero-order chi connectivity index (χ0) is 15.4. The monoisotopic (exact) mass is 300 g/mol. The number of nitrogens with two attached hydrogens (primary N) is 1. The minimum atomic E-state index is -0.245. The third-order valence-electron chi connectivity index (χ3n) is 4.02. The average molecular weight is 300 g/mol. The van der Waals surface area contributed by atoms with Gasteiger partial charge in [0.1, 0.15) is 18.2 Å². The minimum absolute atomic E-state index is 0.205. The molecule has 0 aliphatic carbocycles. The number of nitrogens with zero attached hydrogens (tertiary/aromatic N) is 1. The lowest BCUT2D eigenvalue weighted by atomic mass is 10.1. The molecule has 0 atom stereocenters. The van der Waals surface area contributed by atoms with Crippen LogP contribution >= 0.6 is 0 Å². The van der Waals surface area contributed by atoms with E-state index in [1.807, 2.05) is 24.3 Å². The molecule has 1 aliphatic heterocycles. The van der Waals surface area contributed by atoms with Gasteiger partial charge in [0.25, 0.3) is 0 Å². The van der Waals surface area contributed by atoms with Crippen LogP contribution in [0.5, 0.6) is 5.75 Å². The number of rotatable bonds is 4. The molecule has 3 rings (SSSR count). The zero-order valence-corrected chi connectivity index (χ0v) is 12.6. The van der Waals surface area contributed by atoms with Gasteiger partial charge in [0.15, 0.2) is 0 Å². The van der Waals surface area contributed by atoms with Crippen molar-refractivity contribution in [1.29, 1.82) is 0 Å². The molecule has 0 bridgehead atoms. The van der Waals surface area contributed by atoms with Crippen LogP contribution in [0.25, 0.3) is 0 Å². The van der Waals surface area contributed by atoms with Gasteiger partial charge in [0, 0.05) is 30.4 Å². The first-order valence-electron chi connectivity index (χ1n) is 7.75. The number of ether oxygens (including phenoxy) is 1. The van der Waals surface area contributed by atoms with Crippen molar-refractivity contribution in [1.82, 2.24) is 0 Å². The lowest BCUT2D eigenvalue weighted by Crippen LogP contribution is -2.29. The predicted octanol–water partition coefficient (Wildman–Crippen LogP) is 3.98. The quantitative estimate of drug-likeness (QED) is 0.868. The van der Waals surface area contributed by atoms with Gasteiger partial charge in [0.05, 0.1) is 5.69 Å². The number of nitrogen functional groups attached to an aromatic ring is 1. The first kappa shape index (κ1) is 14.7. The number of hydrogen-bond acceptors (Lipinski definition) is 3. The van der Waals surface area contributed by atoms with Crippen molar-refractivity contribution in [3.8, 4) is 5.75 Å². The smallest absolute Gasteiger partial charge is 0.145 e. The van der Waals surface area contributed by atoms with E-state index < -0.39 is 0 Å². The summed E-state index contributed by atoms with van der Waals surface area (Å²) < 4.78 is 19.6. The molecule has 1 heterocycles. The molecule has 2 N–H and O–H groups in total. The van der Waals surface area contributed by atoms with E-state index in [0.29, 0.717) is 11.3 Å². The van der Waals surface area contributed by atoms with Gasteiger partial charge in [-0.2, -0.15) is 0 Å². The fraction of sp³-hybridized carbons (Fsp3) is 0.333. The third-order valence-corrected chi connectivity index (χ3v) is 4.02. The Morgan fingerprint density at radius 1 is 1.05 bits per heavy atom. The van der Waals surface area contributed by atoms with Crippen molar-refractivity contribution in [2.24, 2.45) is 0 Å². The fourth-order valence-corrected chi connectivity index (χ4v) is 2.81. The van der Waals surface area contributed by atoms with Gasteiger partial charge < -0.3 is 15.4 Å². The van der Waals surface area contributed by atoms with E-state index in [-0.39, 0.29) is 12.4 Å². The molecule has 0 spiro atoms. The molecule has 4 heteroatoms. The molecule has 0 unspecified atom stereocenters. The molecule has 2 aromatic carbocycles. The summed E-state index contributed by atoms with van der Waals surface area (Å²) in [5, 5.41) is 0. The summed E-state index contributed by atoms with van der Waals surface area (Å²) in [6, 6.07) is 12.4. The van der Waals surface area contributed by atoms with Gasteiger partial charge >= 0.3 is 0 Å². The highest BCUT2D eigenvalue weighted by atomic mass is 19.1. The van der Waals surface area contributed by atoms with E-state index in [9.17, 15) is 4.39 Å². The molecule has 1 fully saturated rings. The second-order valence-corrected chi connectivity index (χ2v) is 5.65. The van der Waals surface area contributed by atoms with Crippen LogP contribution in [0.1, 0.15) is 24.8 Å². The van der Waals surface area contributed by atoms with Crippen LogP contribution in [0.4, 0.5) is 15.8 Å². The van der Waals surface area contributed by atoms with E-state index in [2.05, 4.69) is 4.90 Å². The molecule has 116 valence electrons. The highest BCUT2D eigenvalue weighted by Crippen LogP contribution is 2.33. The number of halogens is 1. The second kappa shape index (κ2) is 6.69. The Morgan fingerprint density at radius 3 is 2.59 bits per heavy atom. The van der Waals surface area contributed by atoms with Crippen LogP contribution in [-0.2, 0) is 6.61 Å². The highest BCUT2D eigenvalue weighted by Gasteiger charge is 2.16. The van der Waals surface area contributed by atoms with Crippen molar-refractivity contribution < 1.29 is 9.13 Å². The van der Waals surface area contributed by atoms with Crippen LogP contribution < -0.4 is 15.4 Å². The maximum Gasteiger partial charge on any atom is 0.145 e. The Labute approximate surface area is 130 Å². The zero-order valence-electron chi connectivity index (χ0n) is 12.6. The van der Waals surface area contributed by atoms with E-state index >= 15 is 0 Å². The number of benzene rings is 2. The fourth-order valence-electron chi connectivity index (χ4n) is 2.81. The van der Waals surface area contributed by atoms with Crippen LogP contribution in [0.15, 0.2) is 42.5 Å². The van der Waals surface area contributed by atoms with Gasteiger partial charge in [-0.05, 0) is 37.5 Å². The Bertz CT molecular complexity index is 639. The average Bonchev–Trinajstić information content (AvgIpc) is 2.55. The second-order valence-electron chi connectivity index (χ2n) is 5.65. The summed E-state index contributed by atoms with van der Waals surface area (Å²) in [4.78, 5) is 2.32. The van der Waals surface area contributed by atoms with Crippen LogP contribution in [0.2, 0.25) is 0 Å². The van der Waals surface area contributed by atoms with E-state index in [1.165, 1.54) is 25.3 Å². The van der Waals surface area contributed by atoms with Gasteiger partial charge in [-0.25, -0.2) is 4.39 Å². The molecule has 0 radical (unpaired) electrons. The Hall–Kier alpha value is -2.23. The van der Waals surface area contributed by atoms with Crippen molar-refractivity contribution in [2.75, 3.05) is 23.7 Å². The van der Waals surface area contributed by atoms with Gasteiger partial charge in [-0.15, -0.1) is 0 Å². The topological polar surface area (TPSA) is 38.5 Å². The van der Waals surface area contributed by atoms with E-state index in [0.717, 1.165) is 24.5 Å². The molecule has 2 aromatic rings. The Balaban J connectivity index is 1.79. The van der Waals surface area contributed by atoms with Crippen LogP contribution in [0.3, 0.4) is 0 Å². The first-order chi connectivity index (χ1) is 10.7. The van der Waals surface area contributed by atoms with Crippen molar-refractivity contribution in [2.45, 2.75) is 25.9 Å². The van der Waals surface area contributed by atoms with Crippen molar-refractivity contribution in [3.63, 3.8) is 0 Å². The van der Waals surface area contributed by atoms with Crippen molar-refractivity contribution >= 4 is 11.4 Å². The summed E-state index contributed by atoms with van der Waals surface area (Å²) in [5.74, 6) is 0.482. The lowest BCUT2D eigenvalue weighted by molar-refractivity contribution is 0.300. The molecular weight excluding hydrogens is 279 g/mol. The maximum absolute atomic E-state index is 13.7. The number of hydrogen-bond donors (Lipinski definition) is 1. The lowest BCUT2D eigenvalue weighted by Gasteiger charge is -2.30. The normalized spacial score (nSPS) is 14.9. The Kier molecular flexibility index (Phi) is 4.47. The molecule has 22 heavy (non-hydrogen) atoms. The van der Waals surface area contributed by atoms with Gasteiger partial charge in [-0.1, -0.05) is 18.2 Å².